The highest BCUT2D eigenvalue weighted by Crippen LogP contribution is 2.19. The summed E-state index contributed by atoms with van der Waals surface area (Å²) < 4.78 is 2.71. The van der Waals surface area contributed by atoms with Crippen LogP contribution in [0.1, 0.15) is 25.2 Å². The minimum absolute atomic E-state index is 0.0681. The molecule has 1 rings (SSSR count). The Kier molecular flexibility index (Phi) is 5.14. The van der Waals surface area contributed by atoms with Gasteiger partial charge in [0.05, 0.1) is 15.9 Å². The van der Waals surface area contributed by atoms with E-state index in [2.05, 4.69) is 27.6 Å². The summed E-state index contributed by atoms with van der Waals surface area (Å²) in [6.45, 7) is 13.2. The largest absolute Gasteiger partial charge is 0.337 e. The fraction of sp³-hybridized carbons (Fsp3) is 0.538. The summed E-state index contributed by atoms with van der Waals surface area (Å²) in [5.74, 6) is 0.0681. The molecule has 0 aliphatic rings. The average molecular weight is 314 g/mol. The van der Waals surface area contributed by atoms with Gasteiger partial charge in [0.25, 0.3) is 0 Å². The molecule has 5 heteroatoms. The number of carbonyl (C=O) groups excluding carboxylic acids is 1. The highest BCUT2D eigenvalue weighted by molar-refractivity contribution is 9.10. The van der Waals surface area contributed by atoms with Crippen molar-refractivity contribution in [1.29, 1.82) is 0 Å². The van der Waals surface area contributed by atoms with Crippen LogP contribution in [0.4, 0.5) is 0 Å². The number of aryl methyl sites for hydroxylation is 1. The molecule has 100 valence electrons. The van der Waals surface area contributed by atoms with Gasteiger partial charge in [-0.1, -0.05) is 12.2 Å². The van der Waals surface area contributed by atoms with E-state index in [1.165, 1.54) is 0 Å². The number of hydrogen-bond acceptors (Lipinski definition) is 2. The van der Waals surface area contributed by atoms with E-state index in [9.17, 15) is 4.79 Å². The SMILES string of the molecule is C=C(C)CN(CC)C(=O)Cn1nc(C)c(Br)c1C. The number of aromatic nitrogens is 2. The van der Waals surface area contributed by atoms with Crippen molar-refractivity contribution < 1.29 is 4.79 Å². The molecule has 0 aromatic carbocycles. The lowest BCUT2D eigenvalue weighted by Crippen LogP contribution is -2.35. The van der Waals surface area contributed by atoms with Crippen molar-refractivity contribution in [3.63, 3.8) is 0 Å². The zero-order chi connectivity index (χ0) is 13.9. The third kappa shape index (κ3) is 3.45. The second kappa shape index (κ2) is 6.18. The molecule has 0 radical (unpaired) electrons. The smallest absolute Gasteiger partial charge is 0.244 e. The third-order valence-corrected chi connectivity index (χ3v) is 3.92. The fourth-order valence-corrected chi connectivity index (χ4v) is 2.04. The Morgan fingerprint density at radius 3 is 2.50 bits per heavy atom. The number of nitrogens with zero attached hydrogens (tertiary/aromatic N) is 3. The summed E-state index contributed by atoms with van der Waals surface area (Å²) in [4.78, 5) is 13.9. The van der Waals surface area contributed by atoms with Crippen molar-refractivity contribution >= 4 is 21.8 Å². The molecule has 1 aromatic rings. The van der Waals surface area contributed by atoms with Gasteiger partial charge in [-0.3, -0.25) is 9.48 Å². The van der Waals surface area contributed by atoms with Crippen LogP contribution in [0.5, 0.6) is 0 Å². The Hall–Kier alpha value is -1.10. The summed E-state index contributed by atoms with van der Waals surface area (Å²) in [5, 5.41) is 4.35. The quantitative estimate of drug-likeness (QED) is 0.784. The Morgan fingerprint density at radius 2 is 2.11 bits per heavy atom. The predicted molar refractivity (Wildman–Crippen MR) is 76.5 cm³/mol. The van der Waals surface area contributed by atoms with Gasteiger partial charge in [0.1, 0.15) is 6.54 Å². The topological polar surface area (TPSA) is 38.1 Å². The normalized spacial score (nSPS) is 10.5. The molecule has 0 unspecified atom stereocenters. The molecule has 0 bridgehead atoms. The summed E-state index contributed by atoms with van der Waals surface area (Å²) in [5.41, 5.74) is 2.87. The number of carbonyl (C=O) groups is 1. The lowest BCUT2D eigenvalue weighted by atomic mass is 10.3. The van der Waals surface area contributed by atoms with Crippen LogP contribution in [0, 0.1) is 13.8 Å². The van der Waals surface area contributed by atoms with Crippen LogP contribution in [-0.2, 0) is 11.3 Å². The Morgan fingerprint density at radius 1 is 1.50 bits per heavy atom. The standard InChI is InChI=1S/C13H20BrN3O/c1-6-16(7-9(2)3)12(18)8-17-11(5)13(14)10(4)15-17/h2,6-8H2,1,3-5H3. The average Bonchev–Trinajstić information content (AvgIpc) is 2.53. The van der Waals surface area contributed by atoms with Gasteiger partial charge in [-0.05, 0) is 43.6 Å². The van der Waals surface area contributed by atoms with Crippen molar-refractivity contribution in [2.75, 3.05) is 13.1 Å². The van der Waals surface area contributed by atoms with Gasteiger partial charge >= 0.3 is 0 Å². The first-order chi connectivity index (χ1) is 8.36. The molecule has 0 N–H and O–H groups in total. The molecule has 0 atom stereocenters. The molecule has 1 aromatic heterocycles. The molecule has 0 saturated heterocycles. The van der Waals surface area contributed by atoms with E-state index in [-0.39, 0.29) is 12.5 Å². The Balaban J connectivity index is 2.79. The van der Waals surface area contributed by atoms with Crippen LogP contribution in [0.2, 0.25) is 0 Å². The number of hydrogen-bond donors (Lipinski definition) is 0. The van der Waals surface area contributed by atoms with Gasteiger partial charge in [-0.2, -0.15) is 5.10 Å². The number of halogens is 1. The number of rotatable bonds is 5. The minimum atomic E-state index is 0.0681. The fourth-order valence-electron chi connectivity index (χ4n) is 1.76. The zero-order valence-corrected chi connectivity index (χ0v) is 13.0. The highest BCUT2D eigenvalue weighted by Gasteiger charge is 2.16. The van der Waals surface area contributed by atoms with E-state index in [0.717, 1.165) is 21.4 Å². The summed E-state index contributed by atoms with van der Waals surface area (Å²) in [6.07, 6.45) is 0. The second-order valence-corrected chi connectivity index (χ2v) is 5.30. The Bertz CT molecular complexity index is 465. The summed E-state index contributed by atoms with van der Waals surface area (Å²) in [7, 11) is 0. The molecular formula is C13H20BrN3O. The van der Waals surface area contributed by atoms with Crippen LogP contribution in [0.3, 0.4) is 0 Å². The van der Waals surface area contributed by atoms with Crippen LogP contribution in [0.25, 0.3) is 0 Å². The molecule has 0 aliphatic carbocycles. The van der Waals surface area contributed by atoms with E-state index in [4.69, 9.17) is 0 Å². The van der Waals surface area contributed by atoms with Crippen LogP contribution < -0.4 is 0 Å². The molecule has 0 aliphatic heterocycles. The van der Waals surface area contributed by atoms with Crippen molar-refractivity contribution in [3.05, 3.63) is 28.0 Å². The van der Waals surface area contributed by atoms with Gasteiger partial charge in [0.15, 0.2) is 0 Å². The number of likely N-dealkylation sites (N-methyl/N-ethyl adjacent to an activating group) is 1. The van der Waals surface area contributed by atoms with Gasteiger partial charge < -0.3 is 4.90 Å². The lowest BCUT2D eigenvalue weighted by Gasteiger charge is -2.21. The molecule has 0 saturated carbocycles. The maximum Gasteiger partial charge on any atom is 0.244 e. The lowest BCUT2D eigenvalue weighted by molar-refractivity contribution is -0.131. The summed E-state index contributed by atoms with van der Waals surface area (Å²) in [6, 6.07) is 0. The predicted octanol–water partition coefficient (Wildman–Crippen LogP) is 2.69. The first kappa shape index (κ1) is 15.0. The maximum atomic E-state index is 12.2. The second-order valence-electron chi connectivity index (χ2n) is 4.51. The van der Waals surface area contributed by atoms with E-state index in [1.807, 2.05) is 27.7 Å². The molecule has 1 heterocycles. The van der Waals surface area contributed by atoms with Crippen molar-refractivity contribution in [1.82, 2.24) is 14.7 Å². The molecule has 4 nitrogen and oxygen atoms in total. The van der Waals surface area contributed by atoms with Crippen LogP contribution >= 0.6 is 15.9 Å². The third-order valence-electron chi connectivity index (χ3n) is 2.77. The molecule has 18 heavy (non-hydrogen) atoms. The van der Waals surface area contributed by atoms with Crippen molar-refractivity contribution in [2.45, 2.75) is 34.2 Å². The minimum Gasteiger partial charge on any atom is -0.337 e. The number of amides is 1. The summed E-state index contributed by atoms with van der Waals surface area (Å²) >= 11 is 3.46. The van der Waals surface area contributed by atoms with E-state index >= 15 is 0 Å². The first-order valence-corrected chi connectivity index (χ1v) is 6.77. The van der Waals surface area contributed by atoms with Gasteiger partial charge in [0.2, 0.25) is 5.91 Å². The van der Waals surface area contributed by atoms with E-state index in [0.29, 0.717) is 13.1 Å². The van der Waals surface area contributed by atoms with Gasteiger partial charge in [0, 0.05) is 13.1 Å². The van der Waals surface area contributed by atoms with E-state index in [1.54, 1.807) is 9.58 Å². The zero-order valence-electron chi connectivity index (χ0n) is 11.5. The van der Waals surface area contributed by atoms with Crippen LogP contribution in [0.15, 0.2) is 16.6 Å². The maximum absolute atomic E-state index is 12.2. The first-order valence-electron chi connectivity index (χ1n) is 5.98. The van der Waals surface area contributed by atoms with E-state index < -0.39 is 0 Å². The Labute approximate surface area is 117 Å². The highest BCUT2D eigenvalue weighted by atomic mass is 79.9. The van der Waals surface area contributed by atoms with Crippen molar-refractivity contribution in [3.8, 4) is 0 Å². The van der Waals surface area contributed by atoms with Gasteiger partial charge in [-0.15, -0.1) is 0 Å². The van der Waals surface area contributed by atoms with Crippen LogP contribution in [-0.4, -0.2) is 33.7 Å². The van der Waals surface area contributed by atoms with Crippen molar-refractivity contribution in [2.24, 2.45) is 0 Å². The molecule has 0 spiro atoms. The monoisotopic (exact) mass is 313 g/mol. The van der Waals surface area contributed by atoms with Gasteiger partial charge in [-0.25, -0.2) is 0 Å². The molecule has 0 fully saturated rings. The molecular weight excluding hydrogens is 294 g/mol. The molecule has 1 amide bonds.